The number of methoxy groups -OCH3 is 1. The molecular formula is C13H10O4. The Kier molecular flexibility index (Phi) is 3.05. The highest BCUT2D eigenvalue weighted by atomic mass is 16.5. The third-order valence-corrected chi connectivity index (χ3v) is 2.32. The summed E-state index contributed by atoms with van der Waals surface area (Å²) < 4.78 is 9.70. The van der Waals surface area contributed by atoms with Crippen LogP contribution in [0.15, 0.2) is 45.8 Å². The molecule has 4 heteroatoms. The molecule has 0 radical (unpaired) electrons. The molecule has 86 valence electrons. The van der Waals surface area contributed by atoms with Gasteiger partial charge < -0.3 is 9.15 Å². The monoisotopic (exact) mass is 230 g/mol. The van der Waals surface area contributed by atoms with E-state index in [2.05, 4.69) is 4.74 Å². The summed E-state index contributed by atoms with van der Waals surface area (Å²) in [5.74, 6) is -0.470. The van der Waals surface area contributed by atoms with Gasteiger partial charge in [0.25, 0.3) is 0 Å². The van der Waals surface area contributed by atoms with Crippen molar-refractivity contribution in [3.63, 3.8) is 0 Å². The van der Waals surface area contributed by atoms with Crippen LogP contribution in [-0.4, -0.2) is 13.1 Å². The van der Waals surface area contributed by atoms with E-state index in [1.54, 1.807) is 18.2 Å². The molecule has 0 fully saturated rings. The Balaban J connectivity index is 2.58. The number of carbonyl (C=O) groups is 1. The molecule has 0 saturated heterocycles. The summed E-state index contributed by atoms with van der Waals surface area (Å²) in [5, 5.41) is 0.454. The molecule has 0 spiro atoms. The molecule has 1 aromatic heterocycles. The standard InChI is InChI=1S/C13H10O4/c1-16-12(15)6-5-9-3-2-4-11-13(9)10(14)7-8-17-11/h2-8H,1H3/b6-5+. The van der Waals surface area contributed by atoms with Gasteiger partial charge in [-0.05, 0) is 17.7 Å². The fraction of sp³-hybridized carbons (Fsp3) is 0.0769. The summed E-state index contributed by atoms with van der Waals surface area (Å²) in [4.78, 5) is 22.7. The average Bonchev–Trinajstić information content (AvgIpc) is 2.36. The first-order valence-corrected chi connectivity index (χ1v) is 4.99. The molecule has 1 aromatic carbocycles. The molecule has 0 amide bonds. The lowest BCUT2D eigenvalue weighted by Gasteiger charge is -1.99. The maximum absolute atomic E-state index is 11.7. The van der Waals surface area contributed by atoms with Crippen molar-refractivity contribution in [2.75, 3.05) is 7.11 Å². The second-order valence-corrected chi connectivity index (χ2v) is 3.36. The Morgan fingerprint density at radius 2 is 2.18 bits per heavy atom. The van der Waals surface area contributed by atoms with Crippen molar-refractivity contribution in [1.82, 2.24) is 0 Å². The molecule has 0 aliphatic rings. The highest BCUT2D eigenvalue weighted by molar-refractivity contribution is 5.92. The van der Waals surface area contributed by atoms with E-state index in [9.17, 15) is 9.59 Å². The van der Waals surface area contributed by atoms with Gasteiger partial charge >= 0.3 is 5.97 Å². The van der Waals surface area contributed by atoms with E-state index in [4.69, 9.17) is 4.42 Å². The molecule has 0 atom stereocenters. The molecule has 0 N–H and O–H groups in total. The maximum Gasteiger partial charge on any atom is 0.330 e. The van der Waals surface area contributed by atoms with Crippen LogP contribution in [0.25, 0.3) is 17.0 Å². The number of hydrogen-bond donors (Lipinski definition) is 0. The van der Waals surface area contributed by atoms with Crippen LogP contribution in [0, 0.1) is 0 Å². The maximum atomic E-state index is 11.7. The number of rotatable bonds is 2. The fourth-order valence-electron chi connectivity index (χ4n) is 1.53. The molecule has 0 aliphatic heterocycles. The number of esters is 1. The van der Waals surface area contributed by atoms with Gasteiger partial charge in [0.1, 0.15) is 5.58 Å². The van der Waals surface area contributed by atoms with Crippen LogP contribution in [-0.2, 0) is 9.53 Å². The van der Waals surface area contributed by atoms with E-state index < -0.39 is 5.97 Å². The Morgan fingerprint density at radius 1 is 1.35 bits per heavy atom. The third kappa shape index (κ3) is 2.25. The predicted molar refractivity (Wildman–Crippen MR) is 63.5 cm³/mol. The van der Waals surface area contributed by atoms with Crippen molar-refractivity contribution in [2.24, 2.45) is 0 Å². The predicted octanol–water partition coefficient (Wildman–Crippen LogP) is 1.98. The van der Waals surface area contributed by atoms with Crippen molar-refractivity contribution in [3.8, 4) is 0 Å². The molecule has 1 heterocycles. The van der Waals surface area contributed by atoms with Crippen molar-refractivity contribution in [1.29, 1.82) is 0 Å². The Bertz CT molecular complexity index is 632. The smallest absolute Gasteiger partial charge is 0.330 e. The lowest BCUT2D eigenvalue weighted by atomic mass is 10.1. The Labute approximate surface area is 97.1 Å². The SMILES string of the molecule is COC(=O)/C=C/c1cccc2occc(=O)c12. The van der Waals surface area contributed by atoms with Gasteiger partial charge in [-0.25, -0.2) is 4.79 Å². The third-order valence-electron chi connectivity index (χ3n) is 2.32. The topological polar surface area (TPSA) is 56.5 Å². The van der Waals surface area contributed by atoms with Crippen LogP contribution in [0.1, 0.15) is 5.56 Å². The molecule has 0 aliphatic carbocycles. The van der Waals surface area contributed by atoms with E-state index in [1.165, 1.54) is 31.6 Å². The molecule has 0 unspecified atom stereocenters. The van der Waals surface area contributed by atoms with Crippen molar-refractivity contribution >= 4 is 23.0 Å². The van der Waals surface area contributed by atoms with Gasteiger partial charge in [-0.1, -0.05) is 12.1 Å². The largest absolute Gasteiger partial charge is 0.466 e. The summed E-state index contributed by atoms with van der Waals surface area (Å²) >= 11 is 0. The van der Waals surface area contributed by atoms with Crippen LogP contribution in [0.5, 0.6) is 0 Å². The van der Waals surface area contributed by atoms with Gasteiger partial charge in [0.2, 0.25) is 0 Å². The Morgan fingerprint density at radius 3 is 2.94 bits per heavy atom. The van der Waals surface area contributed by atoms with Crippen LogP contribution < -0.4 is 5.43 Å². The normalized spacial score (nSPS) is 10.9. The first kappa shape index (κ1) is 11.1. The minimum absolute atomic E-state index is 0.142. The minimum atomic E-state index is -0.470. The van der Waals surface area contributed by atoms with Crippen LogP contribution in [0.3, 0.4) is 0 Å². The summed E-state index contributed by atoms with van der Waals surface area (Å²) in [6.07, 6.45) is 4.14. The average molecular weight is 230 g/mol. The molecular weight excluding hydrogens is 220 g/mol. The van der Waals surface area contributed by atoms with Gasteiger partial charge in [0.05, 0.1) is 18.8 Å². The van der Waals surface area contributed by atoms with Crippen molar-refractivity contribution in [2.45, 2.75) is 0 Å². The zero-order valence-corrected chi connectivity index (χ0v) is 9.17. The highest BCUT2D eigenvalue weighted by Gasteiger charge is 2.04. The number of fused-ring (bicyclic) bond motifs is 1. The van der Waals surface area contributed by atoms with Gasteiger partial charge in [-0.3, -0.25) is 4.79 Å². The lowest BCUT2D eigenvalue weighted by Crippen LogP contribution is -2.00. The van der Waals surface area contributed by atoms with Gasteiger partial charge in [-0.2, -0.15) is 0 Å². The van der Waals surface area contributed by atoms with Crippen molar-refractivity contribution < 1.29 is 13.9 Å². The highest BCUT2D eigenvalue weighted by Crippen LogP contribution is 2.16. The number of ether oxygens (including phenoxy) is 1. The number of carbonyl (C=O) groups excluding carboxylic acids is 1. The summed E-state index contributed by atoms with van der Waals surface area (Å²) in [7, 11) is 1.30. The zero-order valence-electron chi connectivity index (χ0n) is 9.17. The first-order chi connectivity index (χ1) is 8.22. The van der Waals surface area contributed by atoms with Crippen LogP contribution in [0.2, 0.25) is 0 Å². The Hall–Kier alpha value is -2.36. The summed E-state index contributed by atoms with van der Waals surface area (Å²) in [5.41, 5.74) is 0.975. The summed E-state index contributed by atoms with van der Waals surface area (Å²) in [6.45, 7) is 0. The molecule has 0 saturated carbocycles. The molecule has 17 heavy (non-hydrogen) atoms. The van der Waals surface area contributed by atoms with E-state index in [0.717, 1.165) is 0 Å². The molecule has 2 rings (SSSR count). The lowest BCUT2D eigenvalue weighted by molar-refractivity contribution is -0.134. The van der Waals surface area contributed by atoms with Gasteiger partial charge in [-0.15, -0.1) is 0 Å². The second kappa shape index (κ2) is 4.65. The number of hydrogen-bond acceptors (Lipinski definition) is 4. The first-order valence-electron chi connectivity index (χ1n) is 4.99. The molecule has 0 bridgehead atoms. The van der Waals surface area contributed by atoms with Gasteiger partial charge in [0.15, 0.2) is 5.43 Å². The summed E-state index contributed by atoms with van der Waals surface area (Å²) in [6, 6.07) is 6.53. The number of benzene rings is 1. The van der Waals surface area contributed by atoms with E-state index >= 15 is 0 Å². The zero-order chi connectivity index (χ0) is 12.3. The van der Waals surface area contributed by atoms with Crippen molar-refractivity contribution in [3.05, 3.63) is 52.4 Å². The van der Waals surface area contributed by atoms with Gasteiger partial charge in [0, 0.05) is 12.1 Å². The van der Waals surface area contributed by atoms with Crippen LogP contribution >= 0.6 is 0 Å². The minimum Gasteiger partial charge on any atom is -0.466 e. The van der Waals surface area contributed by atoms with Crippen LogP contribution in [0.4, 0.5) is 0 Å². The molecule has 4 nitrogen and oxygen atoms in total. The quantitative estimate of drug-likeness (QED) is 0.584. The fourth-order valence-corrected chi connectivity index (χ4v) is 1.53. The van der Waals surface area contributed by atoms with E-state index in [1.807, 2.05) is 0 Å². The van der Waals surface area contributed by atoms with E-state index in [-0.39, 0.29) is 5.43 Å². The second-order valence-electron chi connectivity index (χ2n) is 3.36. The van der Waals surface area contributed by atoms with E-state index in [0.29, 0.717) is 16.5 Å². The molecule has 2 aromatic rings.